The van der Waals surface area contributed by atoms with E-state index in [9.17, 15) is 0 Å². The van der Waals surface area contributed by atoms with Crippen molar-refractivity contribution < 1.29 is 4.74 Å². The highest BCUT2D eigenvalue weighted by molar-refractivity contribution is 5.23. The fraction of sp³-hybridized carbons (Fsp3) is 0.500. The van der Waals surface area contributed by atoms with E-state index in [-0.39, 0.29) is 0 Å². The van der Waals surface area contributed by atoms with E-state index in [2.05, 4.69) is 38.1 Å². The summed E-state index contributed by atoms with van der Waals surface area (Å²) < 4.78 is 5.38. The maximum absolute atomic E-state index is 5.38. The number of benzene rings is 1. The maximum Gasteiger partial charge on any atom is 0.0531 e. The fourth-order valence-electron chi connectivity index (χ4n) is 1.29. The minimum atomic E-state index is 0.501. The molecule has 1 rings (SSSR count). The van der Waals surface area contributed by atoms with Crippen LogP contribution in [-0.2, 0) is 4.74 Å². The van der Waals surface area contributed by atoms with E-state index in [0.717, 1.165) is 13.2 Å². The van der Waals surface area contributed by atoms with Crippen LogP contribution in [0, 0.1) is 6.92 Å². The summed E-state index contributed by atoms with van der Waals surface area (Å²) in [6.07, 6.45) is 0. The molecule has 0 saturated heterocycles. The first-order valence-corrected chi connectivity index (χ1v) is 4.88. The van der Waals surface area contributed by atoms with Gasteiger partial charge in [-0.25, -0.2) is 0 Å². The van der Waals surface area contributed by atoms with Gasteiger partial charge in [0.25, 0.3) is 0 Å². The van der Waals surface area contributed by atoms with E-state index in [4.69, 9.17) is 4.74 Å². The lowest BCUT2D eigenvalue weighted by molar-refractivity contribution is 0.136. The van der Waals surface area contributed by atoms with Gasteiger partial charge in [0.15, 0.2) is 0 Å². The summed E-state index contributed by atoms with van der Waals surface area (Å²) in [5.41, 5.74) is 2.67. The molecule has 1 aromatic rings. The fourth-order valence-corrected chi connectivity index (χ4v) is 1.29. The molecule has 0 N–H and O–H groups in total. The molecule has 1 aromatic carbocycles. The Balaban J connectivity index is 2.55. The zero-order chi connectivity index (χ0) is 9.68. The van der Waals surface area contributed by atoms with Crippen molar-refractivity contribution in [1.82, 2.24) is 0 Å². The molecule has 0 spiro atoms. The molecular weight excluding hydrogens is 160 g/mol. The lowest BCUT2D eigenvalue weighted by Gasteiger charge is -2.11. The van der Waals surface area contributed by atoms with Crippen LogP contribution in [0.1, 0.15) is 30.9 Å². The third-order valence-corrected chi connectivity index (χ3v) is 2.22. The summed E-state index contributed by atoms with van der Waals surface area (Å²) >= 11 is 0. The van der Waals surface area contributed by atoms with Gasteiger partial charge in [0.1, 0.15) is 0 Å². The van der Waals surface area contributed by atoms with Crippen molar-refractivity contribution in [3.63, 3.8) is 0 Å². The SMILES string of the molecule is CCOCC(C)c1ccc(C)cc1. The van der Waals surface area contributed by atoms with Gasteiger partial charge in [-0.1, -0.05) is 36.8 Å². The van der Waals surface area contributed by atoms with Crippen LogP contribution < -0.4 is 0 Å². The Morgan fingerprint density at radius 3 is 2.38 bits per heavy atom. The predicted octanol–water partition coefficient (Wildman–Crippen LogP) is 3.14. The smallest absolute Gasteiger partial charge is 0.0531 e. The summed E-state index contributed by atoms with van der Waals surface area (Å²) in [5, 5.41) is 0. The molecule has 1 nitrogen and oxygen atoms in total. The van der Waals surface area contributed by atoms with Crippen LogP contribution in [0.15, 0.2) is 24.3 Å². The first kappa shape index (κ1) is 10.3. The highest BCUT2D eigenvalue weighted by Crippen LogP contribution is 2.15. The summed E-state index contributed by atoms with van der Waals surface area (Å²) in [5.74, 6) is 0.501. The summed E-state index contributed by atoms with van der Waals surface area (Å²) in [4.78, 5) is 0. The molecule has 1 heteroatoms. The second-order valence-corrected chi connectivity index (χ2v) is 3.47. The van der Waals surface area contributed by atoms with Gasteiger partial charge in [-0.15, -0.1) is 0 Å². The van der Waals surface area contributed by atoms with Crippen molar-refractivity contribution >= 4 is 0 Å². The van der Waals surface area contributed by atoms with E-state index >= 15 is 0 Å². The van der Waals surface area contributed by atoms with E-state index in [0.29, 0.717) is 5.92 Å². The molecule has 1 unspecified atom stereocenters. The van der Waals surface area contributed by atoms with Crippen LogP contribution in [0.3, 0.4) is 0 Å². The van der Waals surface area contributed by atoms with Gasteiger partial charge >= 0.3 is 0 Å². The van der Waals surface area contributed by atoms with E-state index < -0.39 is 0 Å². The Hall–Kier alpha value is -0.820. The third-order valence-electron chi connectivity index (χ3n) is 2.22. The average molecular weight is 178 g/mol. The summed E-state index contributed by atoms with van der Waals surface area (Å²) in [6, 6.07) is 8.66. The Bertz CT molecular complexity index is 238. The molecule has 72 valence electrons. The minimum absolute atomic E-state index is 0.501. The minimum Gasteiger partial charge on any atom is -0.381 e. The van der Waals surface area contributed by atoms with Crippen LogP contribution >= 0.6 is 0 Å². The third kappa shape index (κ3) is 3.19. The molecule has 0 amide bonds. The molecule has 1 atom stereocenters. The topological polar surface area (TPSA) is 9.23 Å². The Morgan fingerprint density at radius 1 is 1.23 bits per heavy atom. The first-order chi connectivity index (χ1) is 6.24. The normalized spacial score (nSPS) is 12.8. The average Bonchev–Trinajstić information content (AvgIpc) is 2.15. The first-order valence-electron chi connectivity index (χ1n) is 4.88. The van der Waals surface area contributed by atoms with Gasteiger partial charge in [0.05, 0.1) is 6.61 Å². The van der Waals surface area contributed by atoms with Crippen LogP contribution in [0.4, 0.5) is 0 Å². The zero-order valence-electron chi connectivity index (χ0n) is 8.71. The van der Waals surface area contributed by atoms with E-state index in [1.807, 2.05) is 6.92 Å². The number of ether oxygens (including phenoxy) is 1. The molecule has 0 saturated carbocycles. The number of hydrogen-bond donors (Lipinski definition) is 0. The molecule has 0 aliphatic carbocycles. The van der Waals surface area contributed by atoms with Crippen molar-refractivity contribution in [2.75, 3.05) is 13.2 Å². The van der Waals surface area contributed by atoms with Gasteiger partial charge < -0.3 is 4.74 Å². The molecule has 0 aliphatic heterocycles. The monoisotopic (exact) mass is 178 g/mol. The zero-order valence-corrected chi connectivity index (χ0v) is 8.71. The maximum atomic E-state index is 5.38. The van der Waals surface area contributed by atoms with E-state index in [1.54, 1.807) is 0 Å². The van der Waals surface area contributed by atoms with Gasteiger partial charge in [-0.3, -0.25) is 0 Å². The molecule has 0 aliphatic rings. The Labute approximate surface area is 80.7 Å². The van der Waals surface area contributed by atoms with E-state index in [1.165, 1.54) is 11.1 Å². The molecule has 0 aromatic heterocycles. The number of aryl methyl sites for hydroxylation is 1. The molecule has 0 radical (unpaired) electrons. The standard InChI is InChI=1S/C12H18O/c1-4-13-9-11(3)12-7-5-10(2)6-8-12/h5-8,11H,4,9H2,1-3H3. The van der Waals surface area contributed by atoms with Crippen LogP contribution in [0.25, 0.3) is 0 Å². The van der Waals surface area contributed by atoms with Gasteiger partial charge in [0.2, 0.25) is 0 Å². The molecular formula is C12H18O. The van der Waals surface area contributed by atoms with Crippen LogP contribution in [0.2, 0.25) is 0 Å². The van der Waals surface area contributed by atoms with Gasteiger partial charge in [0, 0.05) is 12.5 Å². The lowest BCUT2D eigenvalue weighted by Crippen LogP contribution is -2.03. The molecule has 0 bridgehead atoms. The second kappa shape index (κ2) is 5.03. The quantitative estimate of drug-likeness (QED) is 0.688. The van der Waals surface area contributed by atoms with Crippen molar-refractivity contribution in [3.05, 3.63) is 35.4 Å². The summed E-state index contributed by atoms with van der Waals surface area (Å²) in [6.45, 7) is 7.95. The van der Waals surface area contributed by atoms with Crippen LogP contribution in [0.5, 0.6) is 0 Å². The Morgan fingerprint density at radius 2 is 1.85 bits per heavy atom. The highest BCUT2D eigenvalue weighted by atomic mass is 16.5. The van der Waals surface area contributed by atoms with Gasteiger partial charge in [-0.2, -0.15) is 0 Å². The number of hydrogen-bond acceptors (Lipinski definition) is 1. The van der Waals surface area contributed by atoms with Crippen molar-refractivity contribution in [1.29, 1.82) is 0 Å². The highest BCUT2D eigenvalue weighted by Gasteiger charge is 2.03. The second-order valence-electron chi connectivity index (χ2n) is 3.47. The number of rotatable bonds is 4. The van der Waals surface area contributed by atoms with Crippen molar-refractivity contribution in [2.24, 2.45) is 0 Å². The lowest BCUT2D eigenvalue weighted by atomic mass is 10.0. The molecule has 13 heavy (non-hydrogen) atoms. The molecule has 0 fully saturated rings. The Kier molecular flexibility index (Phi) is 3.97. The molecule has 0 heterocycles. The van der Waals surface area contributed by atoms with Gasteiger partial charge in [-0.05, 0) is 19.4 Å². The van der Waals surface area contributed by atoms with Crippen LogP contribution in [-0.4, -0.2) is 13.2 Å². The predicted molar refractivity (Wildman–Crippen MR) is 56.1 cm³/mol. The van der Waals surface area contributed by atoms with Crippen molar-refractivity contribution in [3.8, 4) is 0 Å². The summed E-state index contributed by atoms with van der Waals surface area (Å²) in [7, 11) is 0. The largest absolute Gasteiger partial charge is 0.381 e. The van der Waals surface area contributed by atoms with Crippen molar-refractivity contribution in [2.45, 2.75) is 26.7 Å².